The Morgan fingerprint density at radius 3 is 1.51 bits per heavy atom. The molecule has 8 aromatic carbocycles. The summed E-state index contributed by atoms with van der Waals surface area (Å²) in [5.41, 5.74) is 10.5. The van der Waals surface area contributed by atoms with Crippen LogP contribution >= 0.6 is 11.3 Å². The molecular formula is C42H24S. The van der Waals surface area contributed by atoms with E-state index in [1.165, 1.54) is 97.0 Å². The molecule has 1 heteroatoms. The fourth-order valence-corrected chi connectivity index (χ4v) is 8.85. The van der Waals surface area contributed by atoms with Gasteiger partial charge in [0.25, 0.3) is 0 Å². The van der Waals surface area contributed by atoms with Crippen LogP contribution in [-0.4, -0.2) is 0 Å². The van der Waals surface area contributed by atoms with Crippen LogP contribution in [0.1, 0.15) is 0 Å². The summed E-state index contributed by atoms with van der Waals surface area (Å²) in [5.74, 6) is 0. The first kappa shape index (κ1) is 23.3. The molecule has 9 aromatic rings. The van der Waals surface area contributed by atoms with E-state index in [0.717, 1.165) is 0 Å². The van der Waals surface area contributed by atoms with Crippen LogP contribution in [0.5, 0.6) is 0 Å². The van der Waals surface area contributed by atoms with E-state index >= 15 is 0 Å². The molecule has 1 aliphatic rings. The van der Waals surface area contributed by atoms with Crippen LogP contribution in [0, 0.1) is 0 Å². The van der Waals surface area contributed by atoms with Gasteiger partial charge in [-0.15, -0.1) is 11.3 Å². The molecule has 43 heavy (non-hydrogen) atoms. The van der Waals surface area contributed by atoms with Crippen molar-refractivity contribution in [3.05, 3.63) is 146 Å². The Kier molecular flexibility index (Phi) is 4.69. The van der Waals surface area contributed by atoms with E-state index in [1.807, 2.05) is 11.3 Å². The standard InChI is InChI=1S/C42H24S/c1-2-11-25(12-3-1)38-29-15-6-8-17-31(29)39(32-18-9-7-16-30(32)38)34-22-21-33-27-14-5-4-13-26(27)28-19-10-20-36-41(28)42-37(43-36)24-23-35(34)40(33)42/h1-24H. The molecule has 0 nitrogen and oxygen atoms in total. The molecule has 1 aliphatic carbocycles. The fourth-order valence-electron chi connectivity index (χ4n) is 7.71. The Morgan fingerprint density at radius 2 is 0.814 bits per heavy atom. The monoisotopic (exact) mass is 560 g/mol. The van der Waals surface area contributed by atoms with E-state index in [9.17, 15) is 0 Å². The first-order valence-corrected chi connectivity index (χ1v) is 15.7. The average molecular weight is 561 g/mol. The van der Waals surface area contributed by atoms with E-state index in [4.69, 9.17) is 0 Å². The second-order valence-corrected chi connectivity index (χ2v) is 12.6. The zero-order valence-corrected chi connectivity index (χ0v) is 24.1. The predicted octanol–water partition coefficient (Wildman–Crippen LogP) is 12.5. The summed E-state index contributed by atoms with van der Waals surface area (Å²) in [6.07, 6.45) is 0. The van der Waals surface area contributed by atoms with Gasteiger partial charge in [-0.1, -0.05) is 133 Å². The van der Waals surface area contributed by atoms with Crippen LogP contribution in [0.15, 0.2) is 146 Å². The summed E-state index contributed by atoms with van der Waals surface area (Å²) in [7, 11) is 0. The molecule has 10 rings (SSSR count). The van der Waals surface area contributed by atoms with Crippen LogP contribution < -0.4 is 0 Å². The lowest BCUT2D eigenvalue weighted by Gasteiger charge is -2.20. The summed E-state index contributed by atoms with van der Waals surface area (Å²) in [4.78, 5) is 0. The Hall–Kier alpha value is -5.24. The van der Waals surface area contributed by atoms with Crippen molar-refractivity contribution in [2.24, 2.45) is 0 Å². The van der Waals surface area contributed by atoms with Gasteiger partial charge in [-0.05, 0) is 89.0 Å². The first-order chi connectivity index (χ1) is 21.4. The summed E-state index contributed by atoms with van der Waals surface area (Å²) >= 11 is 1.91. The molecule has 1 heterocycles. The van der Waals surface area contributed by atoms with Gasteiger partial charge in [0.15, 0.2) is 0 Å². The predicted molar refractivity (Wildman–Crippen MR) is 187 cm³/mol. The Morgan fingerprint density at radius 1 is 0.279 bits per heavy atom. The minimum Gasteiger partial charge on any atom is -0.135 e. The lowest BCUT2D eigenvalue weighted by atomic mass is 9.83. The maximum atomic E-state index is 2.39. The number of rotatable bonds is 2. The van der Waals surface area contributed by atoms with Crippen LogP contribution in [0.3, 0.4) is 0 Å². The van der Waals surface area contributed by atoms with Crippen LogP contribution in [0.4, 0.5) is 0 Å². The van der Waals surface area contributed by atoms with Crippen molar-refractivity contribution < 1.29 is 0 Å². The van der Waals surface area contributed by atoms with Gasteiger partial charge in [0.1, 0.15) is 0 Å². The Bertz CT molecular complexity index is 2550. The highest BCUT2D eigenvalue weighted by molar-refractivity contribution is 7.26. The molecule has 198 valence electrons. The third-order valence-corrected chi connectivity index (χ3v) is 10.5. The molecule has 0 saturated carbocycles. The number of fused-ring (bicyclic) bond motifs is 5. The van der Waals surface area contributed by atoms with Gasteiger partial charge >= 0.3 is 0 Å². The van der Waals surface area contributed by atoms with E-state index < -0.39 is 0 Å². The quantitative estimate of drug-likeness (QED) is 0.184. The molecule has 0 N–H and O–H groups in total. The van der Waals surface area contributed by atoms with Crippen molar-refractivity contribution in [3.8, 4) is 44.5 Å². The Balaban J connectivity index is 1.42. The van der Waals surface area contributed by atoms with Crippen LogP contribution in [-0.2, 0) is 0 Å². The summed E-state index contributed by atoms with van der Waals surface area (Å²) in [5, 5.41) is 10.7. The summed E-state index contributed by atoms with van der Waals surface area (Å²) < 4.78 is 2.71. The van der Waals surface area contributed by atoms with E-state index in [-0.39, 0.29) is 0 Å². The van der Waals surface area contributed by atoms with Crippen molar-refractivity contribution in [1.29, 1.82) is 0 Å². The molecule has 0 atom stereocenters. The zero-order valence-electron chi connectivity index (χ0n) is 23.3. The molecule has 0 spiro atoms. The van der Waals surface area contributed by atoms with E-state index in [1.54, 1.807) is 0 Å². The van der Waals surface area contributed by atoms with Crippen LogP contribution in [0.2, 0.25) is 0 Å². The molecule has 0 unspecified atom stereocenters. The lowest BCUT2D eigenvalue weighted by Crippen LogP contribution is -1.92. The summed E-state index contributed by atoms with van der Waals surface area (Å²) in [6.45, 7) is 0. The molecule has 0 aliphatic heterocycles. The summed E-state index contributed by atoms with van der Waals surface area (Å²) in [6, 6.07) is 54.1. The maximum absolute atomic E-state index is 2.39. The Labute approximate surface area is 253 Å². The van der Waals surface area contributed by atoms with Crippen molar-refractivity contribution in [1.82, 2.24) is 0 Å². The maximum Gasteiger partial charge on any atom is 0.0362 e. The molecule has 0 amide bonds. The van der Waals surface area contributed by atoms with Gasteiger partial charge in [0.2, 0.25) is 0 Å². The average Bonchev–Trinajstić information content (AvgIpc) is 3.40. The molecule has 0 fully saturated rings. The van der Waals surface area contributed by atoms with Gasteiger partial charge in [-0.2, -0.15) is 0 Å². The smallest absolute Gasteiger partial charge is 0.0362 e. The molecule has 0 bridgehead atoms. The SMILES string of the molecule is c1ccc(-c2c3ccccc3c(-c3ccc4c5c3ccc3sc6cccc(c6c35)-c3ccccc3-4)c3ccccc23)cc1. The van der Waals surface area contributed by atoms with Crippen molar-refractivity contribution in [2.45, 2.75) is 0 Å². The minimum atomic E-state index is 1.25. The van der Waals surface area contributed by atoms with Crippen molar-refractivity contribution in [3.63, 3.8) is 0 Å². The zero-order chi connectivity index (χ0) is 28.1. The molecular weight excluding hydrogens is 537 g/mol. The normalized spacial score (nSPS) is 12.2. The minimum absolute atomic E-state index is 1.25. The van der Waals surface area contributed by atoms with Crippen molar-refractivity contribution >= 4 is 63.8 Å². The fraction of sp³-hybridized carbons (Fsp3) is 0. The number of hydrogen-bond acceptors (Lipinski definition) is 1. The molecule has 0 radical (unpaired) electrons. The molecule has 1 aromatic heterocycles. The van der Waals surface area contributed by atoms with Gasteiger partial charge < -0.3 is 0 Å². The third-order valence-electron chi connectivity index (χ3n) is 9.41. The van der Waals surface area contributed by atoms with Crippen molar-refractivity contribution in [2.75, 3.05) is 0 Å². The second-order valence-electron chi connectivity index (χ2n) is 11.6. The highest BCUT2D eigenvalue weighted by atomic mass is 32.1. The topological polar surface area (TPSA) is 0 Å². The highest BCUT2D eigenvalue weighted by Gasteiger charge is 2.25. The van der Waals surface area contributed by atoms with Gasteiger partial charge in [0, 0.05) is 20.2 Å². The number of benzene rings is 8. The number of hydrogen-bond donors (Lipinski definition) is 0. The van der Waals surface area contributed by atoms with Gasteiger partial charge in [-0.3, -0.25) is 0 Å². The largest absolute Gasteiger partial charge is 0.135 e. The van der Waals surface area contributed by atoms with E-state index in [0.29, 0.717) is 0 Å². The lowest BCUT2D eigenvalue weighted by molar-refractivity contribution is 1.64. The number of thiophene rings is 1. The van der Waals surface area contributed by atoms with Gasteiger partial charge in [-0.25, -0.2) is 0 Å². The first-order valence-electron chi connectivity index (χ1n) is 14.9. The highest BCUT2D eigenvalue weighted by Crippen LogP contribution is 2.53. The second kappa shape index (κ2) is 8.64. The van der Waals surface area contributed by atoms with Crippen LogP contribution in [0.25, 0.3) is 97.0 Å². The van der Waals surface area contributed by atoms with Gasteiger partial charge in [0.05, 0.1) is 0 Å². The molecule has 0 saturated heterocycles. The third kappa shape index (κ3) is 3.10. The van der Waals surface area contributed by atoms with E-state index in [2.05, 4.69) is 146 Å².